The lowest BCUT2D eigenvalue weighted by Gasteiger charge is -2.37. The molecule has 1 saturated heterocycles. The molecule has 2 unspecified atom stereocenters. The molecule has 1 aliphatic heterocycles. The Morgan fingerprint density at radius 3 is 2.74 bits per heavy atom. The van der Waals surface area contributed by atoms with E-state index in [-0.39, 0.29) is 5.92 Å². The fourth-order valence-electron chi connectivity index (χ4n) is 2.88. The second kappa shape index (κ2) is 6.53. The third kappa shape index (κ3) is 3.57. The number of nitrogens with zero attached hydrogens (tertiary/aromatic N) is 1. The lowest BCUT2D eigenvalue weighted by molar-refractivity contribution is -0.144. The Hall–Kier alpha value is -0.870. The zero-order chi connectivity index (χ0) is 13.8. The summed E-state index contributed by atoms with van der Waals surface area (Å²) in [5, 5.41) is 9.18. The van der Waals surface area contributed by atoms with Crippen LogP contribution in [0.15, 0.2) is 28.7 Å². The van der Waals surface area contributed by atoms with Crippen LogP contribution in [-0.2, 0) is 4.79 Å². The molecule has 0 bridgehead atoms. The normalized spacial score (nSPS) is 22.1. The van der Waals surface area contributed by atoms with Crippen molar-refractivity contribution < 1.29 is 9.90 Å². The number of aliphatic carboxylic acids is 1. The van der Waals surface area contributed by atoms with E-state index in [1.54, 1.807) is 0 Å². The van der Waals surface area contributed by atoms with Crippen LogP contribution in [0.25, 0.3) is 0 Å². The first-order valence-electron chi connectivity index (χ1n) is 6.84. The average Bonchev–Trinajstić information content (AvgIpc) is 2.42. The molecular formula is C15H20BrNO2. The van der Waals surface area contributed by atoms with Crippen LogP contribution in [0, 0.1) is 5.92 Å². The molecule has 0 aliphatic carbocycles. The van der Waals surface area contributed by atoms with Crippen LogP contribution in [0.5, 0.6) is 0 Å². The highest BCUT2D eigenvalue weighted by atomic mass is 79.9. The number of carboxylic acids is 1. The van der Waals surface area contributed by atoms with Gasteiger partial charge in [-0.3, -0.25) is 9.69 Å². The van der Waals surface area contributed by atoms with Gasteiger partial charge in [-0.05, 0) is 43.5 Å². The molecule has 1 aliphatic rings. The SMILES string of the molecule is CCC(c1ccc(Br)cc1)N1CCCC(C(=O)O)C1. The molecule has 1 aromatic rings. The minimum atomic E-state index is -0.657. The van der Waals surface area contributed by atoms with Crippen LogP contribution in [-0.4, -0.2) is 29.1 Å². The van der Waals surface area contributed by atoms with Gasteiger partial charge in [0.1, 0.15) is 0 Å². The van der Waals surface area contributed by atoms with Crippen LogP contribution in [0.2, 0.25) is 0 Å². The molecule has 0 radical (unpaired) electrons. The zero-order valence-electron chi connectivity index (χ0n) is 11.2. The third-order valence-corrected chi connectivity index (χ3v) is 4.41. The summed E-state index contributed by atoms with van der Waals surface area (Å²) in [6.45, 7) is 3.83. The van der Waals surface area contributed by atoms with Crippen LogP contribution in [0.4, 0.5) is 0 Å². The molecule has 0 aromatic heterocycles. The van der Waals surface area contributed by atoms with E-state index in [2.05, 4.69) is 52.0 Å². The summed E-state index contributed by atoms with van der Waals surface area (Å²) in [7, 11) is 0. The third-order valence-electron chi connectivity index (χ3n) is 3.88. The Kier molecular flexibility index (Phi) is 4.99. The molecule has 4 heteroatoms. The van der Waals surface area contributed by atoms with Gasteiger partial charge in [-0.2, -0.15) is 0 Å². The van der Waals surface area contributed by atoms with E-state index in [1.165, 1.54) is 5.56 Å². The van der Waals surface area contributed by atoms with E-state index in [0.717, 1.165) is 30.3 Å². The van der Waals surface area contributed by atoms with Crippen LogP contribution in [0.1, 0.15) is 37.8 Å². The highest BCUT2D eigenvalue weighted by molar-refractivity contribution is 9.10. The molecule has 1 aromatic carbocycles. The van der Waals surface area contributed by atoms with E-state index in [1.807, 2.05) is 0 Å². The number of halogens is 1. The summed E-state index contributed by atoms with van der Waals surface area (Å²) in [5.41, 5.74) is 1.27. The maximum atomic E-state index is 11.2. The summed E-state index contributed by atoms with van der Waals surface area (Å²) in [4.78, 5) is 13.5. The predicted octanol–water partition coefficient (Wildman–Crippen LogP) is 3.70. The number of likely N-dealkylation sites (tertiary alicyclic amines) is 1. The molecule has 2 atom stereocenters. The maximum absolute atomic E-state index is 11.2. The first kappa shape index (κ1) is 14.5. The fourth-order valence-corrected chi connectivity index (χ4v) is 3.15. The van der Waals surface area contributed by atoms with Gasteiger partial charge in [0.25, 0.3) is 0 Å². The number of hydrogen-bond donors (Lipinski definition) is 1. The predicted molar refractivity (Wildman–Crippen MR) is 79.1 cm³/mol. The second-order valence-electron chi connectivity index (χ2n) is 5.15. The molecule has 0 amide bonds. The van der Waals surface area contributed by atoms with Gasteiger partial charge in [0.2, 0.25) is 0 Å². The lowest BCUT2D eigenvalue weighted by Crippen LogP contribution is -2.40. The summed E-state index contributed by atoms with van der Waals surface area (Å²) >= 11 is 3.45. The van der Waals surface area contributed by atoms with Gasteiger partial charge in [0.15, 0.2) is 0 Å². The van der Waals surface area contributed by atoms with Crippen molar-refractivity contribution in [3.05, 3.63) is 34.3 Å². The van der Waals surface area contributed by atoms with Crippen molar-refractivity contribution in [1.29, 1.82) is 0 Å². The number of rotatable bonds is 4. The van der Waals surface area contributed by atoms with Crippen molar-refractivity contribution >= 4 is 21.9 Å². The molecule has 1 fully saturated rings. The molecule has 2 rings (SSSR count). The topological polar surface area (TPSA) is 40.5 Å². The first-order valence-corrected chi connectivity index (χ1v) is 7.63. The van der Waals surface area contributed by atoms with E-state index in [0.29, 0.717) is 12.6 Å². The van der Waals surface area contributed by atoms with Crippen molar-refractivity contribution in [3.8, 4) is 0 Å². The number of piperidine rings is 1. The highest BCUT2D eigenvalue weighted by Crippen LogP contribution is 2.30. The molecule has 3 nitrogen and oxygen atoms in total. The first-order chi connectivity index (χ1) is 9.11. The van der Waals surface area contributed by atoms with Gasteiger partial charge in [0, 0.05) is 17.1 Å². The maximum Gasteiger partial charge on any atom is 0.307 e. The number of carbonyl (C=O) groups is 1. The highest BCUT2D eigenvalue weighted by Gasteiger charge is 2.29. The van der Waals surface area contributed by atoms with Gasteiger partial charge < -0.3 is 5.11 Å². The number of benzene rings is 1. The van der Waals surface area contributed by atoms with Crippen molar-refractivity contribution in [2.45, 2.75) is 32.2 Å². The van der Waals surface area contributed by atoms with E-state index in [9.17, 15) is 9.90 Å². The largest absolute Gasteiger partial charge is 0.481 e. The van der Waals surface area contributed by atoms with E-state index >= 15 is 0 Å². The minimum Gasteiger partial charge on any atom is -0.481 e. The average molecular weight is 326 g/mol. The lowest BCUT2D eigenvalue weighted by atomic mass is 9.94. The van der Waals surface area contributed by atoms with Crippen LogP contribution < -0.4 is 0 Å². The van der Waals surface area contributed by atoms with E-state index in [4.69, 9.17) is 0 Å². The van der Waals surface area contributed by atoms with Crippen LogP contribution >= 0.6 is 15.9 Å². The van der Waals surface area contributed by atoms with Crippen molar-refractivity contribution in [2.24, 2.45) is 5.92 Å². The fraction of sp³-hybridized carbons (Fsp3) is 0.533. The van der Waals surface area contributed by atoms with Gasteiger partial charge in [-0.25, -0.2) is 0 Å². The van der Waals surface area contributed by atoms with Gasteiger partial charge in [-0.15, -0.1) is 0 Å². The summed E-state index contributed by atoms with van der Waals surface area (Å²) < 4.78 is 1.08. The summed E-state index contributed by atoms with van der Waals surface area (Å²) in [6.07, 6.45) is 2.79. The van der Waals surface area contributed by atoms with Crippen molar-refractivity contribution in [3.63, 3.8) is 0 Å². The number of carboxylic acid groups (broad SMARTS) is 1. The molecule has 0 spiro atoms. The van der Waals surface area contributed by atoms with Gasteiger partial charge in [-0.1, -0.05) is 35.0 Å². The Morgan fingerprint density at radius 2 is 2.16 bits per heavy atom. The molecule has 104 valence electrons. The van der Waals surface area contributed by atoms with Crippen LogP contribution in [0.3, 0.4) is 0 Å². The second-order valence-corrected chi connectivity index (χ2v) is 6.06. The Labute approximate surface area is 122 Å². The van der Waals surface area contributed by atoms with Crippen molar-refractivity contribution in [2.75, 3.05) is 13.1 Å². The quantitative estimate of drug-likeness (QED) is 0.917. The minimum absolute atomic E-state index is 0.210. The number of hydrogen-bond acceptors (Lipinski definition) is 2. The monoisotopic (exact) mass is 325 g/mol. The smallest absolute Gasteiger partial charge is 0.307 e. The van der Waals surface area contributed by atoms with E-state index < -0.39 is 5.97 Å². The molecule has 0 saturated carbocycles. The van der Waals surface area contributed by atoms with Gasteiger partial charge >= 0.3 is 5.97 Å². The summed E-state index contributed by atoms with van der Waals surface area (Å²) in [5.74, 6) is -0.867. The van der Waals surface area contributed by atoms with Gasteiger partial charge in [0.05, 0.1) is 5.92 Å². The Morgan fingerprint density at radius 1 is 1.47 bits per heavy atom. The zero-order valence-corrected chi connectivity index (χ0v) is 12.8. The molecule has 1 heterocycles. The van der Waals surface area contributed by atoms with Crippen molar-refractivity contribution in [1.82, 2.24) is 4.90 Å². The molecule has 19 heavy (non-hydrogen) atoms. The standard InChI is InChI=1S/C15H20BrNO2/c1-2-14(11-5-7-13(16)8-6-11)17-9-3-4-12(10-17)15(18)19/h5-8,12,14H,2-4,9-10H2,1H3,(H,18,19). The molecular weight excluding hydrogens is 306 g/mol. The molecule has 1 N–H and O–H groups in total. The Balaban J connectivity index is 2.12. The summed E-state index contributed by atoms with van der Waals surface area (Å²) in [6, 6.07) is 8.69. The Bertz CT molecular complexity index is 432.